The fraction of sp³-hybridized carbons (Fsp3) is 0.407. The molecule has 0 aliphatic heterocycles. The zero-order valence-electron chi connectivity index (χ0n) is 44.5. The van der Waals surface area contributed by atoms with Gasteiger partial charge in [-0.1, -0.05) is 170 Å². The molecule has 0 fully saturated rings. The van der Waals surface area contributed by atoms with E-state index in [1.54, 1.807) is 0 Å². The average molecular weight is 967 g/mol. The molecule has 0 unspecified atom stereocenters. The largest absolute Gasteiger partial charge is 4.00 e. The van der Waals surface area contributed by atoms with Crippen molar-refractivity contribution in [1.82, 2.24) is 15.0 Å². The molecule has 0 aliphatic carbocycles. The van der Waals surface area contributed by atoms with Gasteiger partial charge in [-0.05, 0) is 160 Å². The zero-order valence-corrected chi connectivity index (χ0v) is 47.0. The van der Waals surface area contributed by atoms with E-state index >= 15 is 0 Å². The molecule has 0 bridgehead atoms. The maximum Gasteiger partial charge on any atom is 4.00 e. The molecule has 1 N–H and O–H groups in total. The van der Waals surface area contributed by atoms with Gasteiger partial charge in [0.2, 0.25) is 0 Å². The van der Waals surface area contributed by atoms with E-state index in [-0.39, 0.29) is 57.3 Å². The van der Waals surface area contributed by atoms with Crippen molar-refractivity contribution in [3.63, 3.8) is 0 Å². The van der Waals surface area contributed by atoms with Crippen LogP contribution in [0.25, 0.3) is 44.4 Å². The van der Waals surface area contributed by atoms with Gasteiger partial charge in [0.25, 0.3) is 0 Å². The number of nitrogens with zero attached hydrogens (tertiary/aromatic N) is 5. The Labute approximate surface area is 422 Å². The Morgan fingerprint density at radius 2 is 0.697 bits per heavy atom. The Morgan fingerprint density at radius 3 is 0.985 bits per heavy atom. The molecule has 3 aromatic carbocycles. The first-order valence-electron chi connectivity index (χ1n) is 22.5. The van der Waals surface area contributed by atoms with E-state index in [0.717, 1.165) is 54.2 Å². The van der Waals surface area contributed by atoms with Crippen molar-refractivity contribution in [3.8, 4) is 33.8 Å². The van der Waals surface area contributed by atoms with Crippen LogP contribution >= 0.6 is 0 Å². The first kappa shape index (κ1) is 59.4. The van der Waals surface area contributed by atoms with Crippen molar-refractivity contribution in [2.45, 2.75) is 125 Å². The van der Waals surface area contributed by atoms with Gasteiger partial charge in [0, 0.05) is 12.1 Å². The Bertz CT molecular complexity index is 2120. The van der Waals surface area contributed by atoms with Gasteiger partial charge in [-0.3, -0.25) is 0 Å². The summed E-state index contributed by atoms with van der Waals surface area (Å²) in [6.45, 7) is 41.6. The van der Waals surface area contributed by atoms with E-state index in [1.807, 2.05) is 30.3 Å². The molecule has 7 heteroatoms. The van der Waals surface area contributed by atoms with Crippen LogP contribution in [0.3, 0.4) is 0 Å². The van der Waals surface area contributed by atoms with Crippen LogP contribution in [0.2, 0.25) is 0 Å². The number of rotatable bonds is 9. The molecule has 0 radical (unpaired) electrons. The molecule has 3 aromatic heterocycles. The number of hydrogen-bond donors (Lipinski definition) is 1. The summed E-state index contributed by atoms with van der Waals surface area (Å²) in [5, 5.41) is 12.7. The molecule has 66 heavy (non-hydrogen) atoms. The van der Waals surface area contributed by atoms with Crippen molar-refractivity contribution < 1.29 is 26.2 Å². The number of aryl methyl sites for hydroxylation is 9. The first-order valence-corrected chi connectivity index (χ1v) is 22.5. The van der Waals surface area contributed by atoms with E-state index in [2.05, 4.69) is 201 Å². The zero-order chi connectivity index (χ0) is 46.9. The van der Waals surface area contributed by atoms with Crippen molar-refractivity contribution >= 4 is 17.5 Å². The molecule has 6 rings (SSSR count). The van der Waals surface area contributed by atoms with E-state index in [1.165, 1.54) is 66.8 Å². The molecule has 6 aromatic rings. The van der Waals surface area contributed by atoms with Crippen LogP contribution in [0.15, 0.2) is 91.0 Å². The van der Waals surface area contributed by atoms with Crippen molar-refractivity contribution in [2.24, 2.45) is 16.2 Å². The van der Waals surface area contributed by atoms with E-state index in [4.69, 9.17) is 15.0 Å². The number of hydrogen-bond acceptors (Lipinski definition) is 4. The summed E-state index contributed by atoms with van der Waals surface area (Å²) in [7, 11) is 0. The van der Waals surface area contributed by atoms with Gasteiger partial charge in [0.1, 0.15) is 5.82 Å². The molecule has 0 saturated carbocycles. The molecule has 0 spiro atoms. The number of benzene rings is 3. The number of pyridine rings is 3. The summed E-state index contributed by atoms with van der Waals surface area (Å²) in [4.78, 5) is 14.2. The predicted octanol–water partition coefficient (Wildman–Crippen LogP) is 17.5. The van der Waals surface area contributed by atoms with Crippen LogP contribution in [-0.4, -0.2) is 34.6 Å². The number of nitrogens with one attached hydrogen (secondary N) is 1. The van der Waals surface area contributed by atoms with Crippen LogP contribution in [-0.2, 0) is 26.2 Å². The van der Waals surface area contributed by atoms with Crippen molar-refractivity contribution in [3.05, 3.63) is 167 Å². The van der Waals surface area contributed by atoms with Crippen LogP contribution in [0, 0.1) is 93.4 Å². The van der Waals surface area contributed by atoms with Crippen LogP contribution in [0.1, 0.15) is 112 Å². The van der Waals surface area contributed by atoms with Gasteiger partial charge >= 0.3 is 26.2 Å². The van der Waals surface area contributed by atoms with Crippen LogP contribution in [0.4, 0.5) is 17.5 Å². The smallest absolute Gasteiger partial charge is 0.465 e. The minimum absolute atomic E-state index is 0. The fourth-order valence-electron chi connectivity index (χ4n) is 7.72. The third kappa shape index (κ3) is 18.9. The Hall–Kier alpha value is -4.61. The Balaban J connectivity index is 0.000000484. The minimum Gasteiger partial charge on any atom is -0.465 e. The van der Waals surface area contributed by atoms with Crippen LogP contribution in [0.5, 0.6) is 0 Å². The first-order chi connectivity index (χ1) is 29.3. The summed E-state index contributed by atoms with van der Waals surface area (Å²) in [6.07, 6.45) is 0. The van der Waals surface area contributed by atoms with Gasteiger partial charge in [-0.25, -0.2) is 4.98 Å². The second kappa shape index (κ2) is 25.5. The molecule has 3 heterocycles. The second-order valence-electron chi connectivity index (χ2n) is 21.2. The molecule has 0 aliphatic rings. The summed E-state index contributed by atoms with van der Waals surface area (Å²) in [5.41, 5.74) is 18.9. The predicted molar refractivity (Wildman–Crippen MR) is 287 cm³/mol. The van der Waals surface area contributed by atoms with Gasteiger partial charge < -0.3 is 40.8 Å². The molecule has 0 saturated heterocycles. The molecular weight excluding hydrogens is 884 g/mol. The number of anilines is 1. The van der Waals surface area contributed by atoms with Gasteiger partial charge in [0.15, 0.2) is 0 Å². The van der Waals surface area contributed by atoms with Gasteiger partial charge in [-0.15, -0.1) is 0 Å². The average Bonchev–Trinajstić information content (AvgIpc) is 3.15. The standard InChI is InChI=1S/C19H26N2.2C19H25N2.2CH3.Zr/c3*1-13-10-14(2)18(15(3)11-13)16-8-7-9-17(21-16)20-12-19(4,5)6;;;/h7-11H,12H2,1-6H3,(H,20,21);2*7-11H,12H2,1-6H3;2*1H3;/q;4*-1;+4. The minimum atomic E-state index is 0. The summed E-state index contributed by atoms with van der Waals surface area (Å²) in [5.74, 6) is 2.59. The second-order valence-corrected chi connectivity index (χ2v) is 21.2. The maximum absolute atomic E-state index is 4.79. The summed E-state index contributed by atoms with van der Waals surface area (Å²) < 4.78 is 0. The quantitative estimate of drug-likeness (QED) is 0.146. The Kier molecular flexibility index (Phi) is 23.0. The molecule has 352 valence electrons. The SMILES string of the molecule is Cc1cc(C)c(-c2cccc(NCC(C)(C)C)n2)c(C)c1.Cc1cc(C)c(-c2cccc([N-]CC(C)(C)C)n2)c(C)c1.Cc1cc(C)c(-c2cccc([N-]CC(C)(C)C)n2)c(C)c1.[CH3-].[CH3-].[Zr+4]. The van der Waals surface area contributed by atoms with Crippen molar-refractivity contribution in [1.29, 1.82) is 0 Å². The number of aromatic nitrogens is 3. The monoisotopic (exact) mass is 965 g/mol. The van der Waals surface area contributed by atoms with Crippen molar-refractivity contribution in [2.75, 3.05) is 25.0 Å². The van der Waals surface area contributed by atoms with E-state index in [0.29, 0.717) is 0 Å². The van der Waals surface area contributed by atoms with E-state index < -0.39 is 0 Å². The van der Waals surface area contributed by atoms with Gasteiger partial charge in [0.05, 0.1) is 5.69 Å². The summed E-state index contributed by atoms with van der Waals surface area (Å²) in [6, 6.07) is 31.7. The van der Waals surface area contributed by atoms with E-state index in [9.17, 15) is 0 Å². The Morgan fingerprint density at radius 1 is 0.409 bits per heavy atom. The van der Waals surface area contributed by atoms with Crippen LogP contribution < -0.4 is 5.32 Å². The topological polar surface area (TPSA) is 78.9 Å². The third-order valence-electron chi connectivity index (χ3n) is 10.2. The normalized spacial score (nSPS) is 11.0. The fourth-order valence-corrected chi connectivity index (χ4v) is 7.72. The molecule has 0 amide bonds. The summed E-state index contributed by atoms with van der Waals surface area (Å²) >= 11 is 0. The van der Waals surface area contributed by atoms with Gasteiger partial charge in [-0.2, -0.15) is 0 Å². The molecular formula is C59H82N6Zr. The third-order valence-corrected chi connectivity index (χ3v) is 10.2. The molecule has 6 nitrogen and oxygen atoms in total. The molecule has 0 atom stereocenters. The maximum atomic E-state index is 4.79.